The van der Waals surface area contributed by atoms with Gasteiger partial charge in [0.05, 0.1) is 6.61 Å². The molecule has 2 N–H and O–H groups in total. The second-order valence-corrected chi connectivity index (χ2v) is 6.26. The molecule has 138 valence electrons. The minimum absolute atomic E-state index is 0.173. The van der Waals surface area contributed by atoms with Crippen molar-refractivity contribution in [2.75, 3.05) is 6.61 Å². The number of hydrazine groups is 1. The van der Waals surface area contributed by atoms with E-state index in [9.17, 15) is 14.0 Å². The maximum absolute atomic E-state index is 13.2. The molecule has 0 unspecified atom stereocenters. The van der Waals surface area contributed by atoms with Gasteiger partial charge in [-0.25, -0.2) is 4.39 Å². The molecule has 7 heteroatoms. The standard InChI is InChI=1S/C19H20ClFN2O3/c1-12-5-7-15(21)11-16(12)19(25)23-22-18(24)4-3-9-26-17-8-6-14(20)10-13(17)2/h5-8,10-11H,3-4,9H2,1-2H3,(H,22,24)(H,23,25). The summed E-state index contributed by atoms with van der Waals surface area (Å²) < 4.78 is 18.8. The monoisotopic (exact) mass is 378 g/mol. The van der Waals surface area contributed by atoms with Crippen LogP contribution in [0.25, 0.3) is 0 Å². The van der Waals surface area contributed by atoms with Crippen LogP contribution in [0.3, 0.4) is 0 Å². The third kappa shape index (κ3) is 5.74. The molecule has 2 amide bonds. The van der Waals surface area contributed by atoms with Gasteiger partial charge in [-0.3, -0.25) is 20.4 Å². The van der Waals surface area contributed by atoms with Crippen LogP contribution in [-0.4, -0.2) is 18.4 Å². The van der Waals surface area contributed by atoms with Crippen molar-refractivity contribution in [3.8, 4) is 5.75 Å². The Morgan fingerprint density at radius 3 is 2.58 bits per heavy atom. The highest BCUT2D eigenvalue weighted by Crippen LogP contribution is 2.21. The van der Waals surface area contributed by atoms with Gasteiger partial charge in [-0.2, -0.15) is 0 Å². The van der Waals surface area contributed by atoms with Gasteiger partial charge in [0, 0.05) is 17.0 Å². The van der Waals surface area contributed by atoms with Crippen LogP contribution in [0.5, 0.6) is 5.75 Å². The predicted octanol–water partition coefficient (Wildman–Crippen LogP) is 3.72. The van der Waals surface area contributed by atoms with Gasteiger partial charge in [-0.15, -0.1) is 0 Å². The van der Waals surface area contributed by atoms with E-state index in [1.54, 1.807) is 25.1 Å². The topological polar surface area (TPSA) is 67.4 Å². The van der Waals surface area contributed by atoms with E-state index in [1.165, 1.54) is 12.1 Å². The Bertz CT molecular complexity index is 811. The molecule has 0 saturated carbocycles. The fourth-order valence-electron chi connectivity index (χ4n) is 2.28. The molecule has 0 aliphatic heterocycles. The van der Waals surface area contributed by atoms with E-state index in [2.05, 4.69) is 10.9 Å². The van der Waals surface area contributed by atoms with Crippen LogP contribution in [0.1, 0.15) is 34.3 Å². The number of nitrogens with one attached hydrogen (secondary N) is 2. The minimum Gasteiger partial charge on any atom is -0.493 e. The molecule has 0 aliphatic carbocycles. The number of rotatable bonds is 6. The van der Waals surface area contributed by atoms with Crippen LogP contribution in [0.2, 0.25) is 5.02 Å². The van der Waals surface area contributed by atoms with E-state index < -0.39 is 11.7 Å². The Balaban J connectivity index is 1.72. The molecule has 0 aliphatic rings. The predicted molar refractivity (Wildman–Crippen MR) is 97.7 cm³/mol. The number of ether oxygens (including phenoxy) is 1. The van der Waals surface area contributed by atoms with Crippen LogP contribution in [0.15, 0.2) is 36.4 Å². The van der Waals surface area contributed by atoms with Crippen molar-refractivity contribution in [2.24, 2.45) is 0 Å². The summed E-state index contributed by atoms with van der Waals surface area (Å²) in [7, 11) is 0. The van der Waals surface area contributed by atoms with Crippen LogP contribution in [-0.2, 0) is 4.79 Å². The van der Waals surface area contributed by atoms with E-state index in [0.29, 0.717) is 29.4 Å². The molecule has 2 aromatic rings. The number of hydrogen-bond donors (Lipinski definition) is 2. The number of halogens is 2. The summed E-state index contributed by atoms with van der Waals surface area (Å²) in [5, 5.41) is 0.638. The number of benzene rings is 2. The summed E-state index contributed by atoms with van der Waals surface area (Å²) in [5.41, 5.74) is 6.30. The number of hydrogen-bond acceptors (Lipinski definition) is 3. The first-order valence-corrected chi connectivity index (χ1v) is 8.49. The maximum atomic E-state index is 13.2. The number of carbonyl (C=O) groups excluding carboxylic acids is 2. The molecule has 2 rings (SSSR count). The molecular weight excluding hydrogens is 359 g/mol. The summed E-state index contributed by atoms with van der Waals surface area (Å²) in [6.45, 7) is 3.93. The van der Waals surface area contributed by atoms with Crippen molar-refractivity contribution >= 4 is 23.4 Å². The Morgan fingerprint density at radius 1 is 1.08 bits per heavy atom. The van der Waals surface area contributed by atoms with Gasteiger partial charge in [0.1, 0.15) is 11.6 Å². The number of carbonyl (C=O) groups is 2. The lowest BCUT2D eigenvalue weighted by Gasteiger charge is -2.11. The van der Waals surface area contributed by atoms with Crippen LogP contribution >= 0.6 is 11.6 Å². The fraction of sp³-hybridized carbons (Fsp3) is 0.263. The van der Waals surface area contributed by atoms with Gasteiger partial charge in [-0.05, 0) is 61.7 Å². The largest absolute Gasteiger partial charge is 0.493 e. The Morgan fingerprint density at radius 2 is 1.85 bits per heavy atom. The zero-order valence-corrected chi connectivity index (χ0v) is 15.3. The number of aryl methyl sites for hydroxylation is 2. The quantitative estimate of drug-likeness (QED) is 0.594. The normalized spacial score (nSPS) is 10.3. The summed E-state index contributed by atoms with van der Waals surface area (Å²) in [6, 6.07) is 9.21. The third-order valence-electron chi connectivity index (χ3n) is 3.70. The van der Waals surface area contributed by atoms with Crippen molar-refractivity contribution in [3.63, 3.8) is 0 Å². The molecule has 0 fully saturated rings. The van der Waals surface area contributed by atoms with E-state index in [-0.39, 0.29) is 17.9 Å². The lowest BCUT2D eigenvalue weighted by atomic mass is 10.1. The first kappa shape index (κ1) is 19.7. The lowest BCUT2D eigenvalue weighted by Crippen LogP contribution is -2.41. The van der Waals surface area contributed by atoms with E-state index in [0.717, 1.165) is 11.6 Å². The molecule has 0 heterocycles. The van der Waals surface area contributed by atoms with E-state index >= 15 is 0 Å². The zero-order valence-electron chi connectivity index (χ0n) is 14.6. The SMILES string of the molecule is Cc1cc(Cl)ccc1OCCCC(=O)NNC(=O)c1cc(F)ccc1C. The van der Waals surface area contributed by atoms with E-state index in [1.807, 2.05) is 6.92 Å². The minimum atomic E-state index is -0.566. The molecule has 0 spiro atoms. The second kappa shape index (κ2) is 9.20. The molecule has 0 radical (unpaired) electrons. The fourth-order valence-corrected chi connectivity index (χ4v) is 2.51. The molecule has 5 nitrogen and oxygen atoms in total. The first-order chi connectivity index (χ1) is 12.4. The molecule has 0 bridgehead atoms. The lowest BCUT2D eigenvalue weighted by molar-refractivity contribution is -0.122. The third-order valence-corrected chi connectivity index (χ3v) is 3.94. The van der Waals surface area contributed by atoms with Gasteiger partial charge < -0.3 is 4.74 Å². The summed E-state index contributed by atoms with van der Waals surface area (Å²) in [5.74, 6) is -0.723. The Labute approximate surface area is 156 Å². The van der Waals surface area contributed by atoms with Crippen LogP contribution in [0.4, 0.5) is 4.39 Å². The van der Waals surface area contributed by atoms with Gasteiger partial charge in [0.15, 0.2) is 0 Å². The highest BCUT2D eigenvalue weighted by molar-refractivity contribution is 6.30. The highest BCUT2D eigenvalue weighted by atomic mass is 35.5. The Hall–Kier alpha value is -2.60. The highest BCUT2D eigenvalue weighted by Gasteiger charge is 2.11. The molecule has 0 atom stereocenters. The molecular formula is C19H20ClFN2O3. The zero-order chi connectivity index (χ0) is 19.1. The first-order valence-electron chi connectivity index (χ1n) is 8.11. The van der Waals surface area contributed by atoms with Crippen molar-refractivity contribution in [3.05, 3.63) is 63.9 Å². The summed E-state index contributed by atoms with van der Waals surface area (Å²) in [4.78, 5) is 23.8. The maximum Gasteiger partial charge on any atom is 0.270 e. The molecule has 2 aromatic carbocycles. The van der Waals surface area contributed by atoms with E-state index in [4.69, 9.17) is 16.3 Å². The average molecular weight is 379 g/mol. The summed E-state index contributed by atoms with van der Waals surface area (Å²) >= 11 is 5.88. The molecule has 26 heavy (non-hydrogen) atoms. The van der Waals surface area contributed by atoms with Gasteiger partial charge >= 0.3 is 0 Å². The smallest absolute Gasteiger partial charge is 0.270 e. The van der Waals surface area contributed by atoms with Gasteiger partial charge in [-0.1, -0.05) is 17.7 Å². The van der Waals surface area contributed by atoms with Crippen LogP contribution in [0, 0.1) is 19.7 Å². The number of amides is 2. The van der Waals surface area contributed by atoms with Gasteiger partial charge in [0.25, 0.3) is 5.91 Å². The van der Waals surface area contributed by atoms with Crippen molar-refractivity contribution in [1.82, 2.24) is 10.9 Å². The molecule has 0 saturated heterocycles. The second-order valence-electron chi connectivity index (χ2n) is 5.82. The van der Waals surface area contributed by atoms with Crippen LogP contribution < -0.4 is 15.6 Å². The Kier molecular flexibility index (Phi) is 6.97. The molecule has 0 aromatic heterocycles. The van der Waals surface area contributed by atoms with Crippen molar-refractivity contribution < 1.29 is 18.7 Å². The van der Waals surface area contributed by atoms with Gasteiger partial charge in [0.2, 0.25) is 5.91 Å². The summed E-state index contributed by atoms with van der Waals surface area (Å²) in [6.07, 6.45) is 0.651. The van der Waals surface area contributed by atoms with Crippen molar-refractivity contribution in [2.45, 2.75) is 26.7 Å². The average Bonchev–Trinajstić information content (AvgIpc) is 2.60. The van der Waals surface area contributed by atoms with Crippen molar-refractivity contribution in [1.29, 1.82) is 0 Å².